The molecule has 6 heteroatoms. The SMILES string of the molecule is Cc1ccc(NC(=O)CNC(=O)c2cccc(OCc3ccccc3)c2)c(Cl)c1. The normalized spacial score (nSPS) is 10.3. The largest absolute Gasteiger partial charge is 0.489 e. The van der Waals surface area contributed by atoms with Crippen LogP contribution in [0.5, 0.6) is 5.75 Å². The lowest BCUT2D eigenvalue weighted by Crippen LogP contribution is -2.32. The fraction of sp³-hybridized carbons (Fsp3) is 0.130. The Balaban J connectivity index is 1.53. The molecule has 2 N–H and O–H groups in total. The summed E-state index contributed by atoms with van der Waals surface area (Å²) in [5.74, 6) is -0.140. The zero-order valence-corrected chi connectivity index (χ0v) is 16.7. The van der Waals surface area contributed by atoms with E-state index in [9.17, 15) is 9.59 Å². The molecule has 0 atom stereocenters. The maximum atomic E-state index is 12.4. The molecule has 148 valence electrons. The number of hydrogen-bond donors (Lipinski definition) is 2. The fourth-order valence-corrected chi connectivity index (χ4v) is 2.93. The van der Waals surface area contributed by atoms with Crippen LogP contribution in [-0.4, -0.2) is 18.4 Å². The Bertz CT molecular complexity index is 1010. The van der Waals surface area contributed by atoms with E-state index in [1.54, 1.807) is 36.4 Å². The second-order valence-electron chi connectivity index (χ2n) is 6.52. The van der Waals surface area contributed by atoms with Crippen molar-refractivity contribution in [3.05, 3.63) is 94.5 Å². The topological polar surface area (TPSA) is 67.4 Å². The molecule has 0 bridgehead atoms. The van der Waals surface area contributed by atoms with Gasteiger partial charge in [0.1, 0.15) is 12.4 Å². The summed E-state index contributed by atoms with van der Waals surface area (Å²) in [5.41, 5.74) is 2.95. The number of ether oxygens (including phenoxy) is 1. The lowest BCUT2D eigenvalue weighted by Gasteiger charge is -2.10. The maximum Gasteiger partial charge on any atom is 0.251 e. The summed E-state index contributed by atoms with van der Waals surface area (Å²) >= 11 is 6.11. The van der Waals surface area contributed by atoms with Crippen LogP contribution in [0.3, 0.4) is 0 Å². The molecule has 0 unspecified atom stereocenters. The van der Waals surface area contributed by atoms with Crippen molar-refractivity contribution >= 4 is 29.1 Å². The van der Waals surface area contributed by atoms with Crippen molar-refractivity contribution in [2.75, 3.05) is 11.9 Å². The van der Waals surface area contributed by atoms with E-state index in [0.717, 1.165) is 11.1 Å². The molecular formula is C23H21ClN2O3. The first-order valence-corrected chi connectivity index (χ1v) is 9.50. The van der Waals surface area contributed by atoms with E-state index in [1.165, 1.54) is 0 Å². The molecular weight excluding hydrogens is 388 g/mol. The van der Waals surface area contributed by atoms with Gasteiger partial charge < -0.3 is 15.4 Å². The van der Waals surface area contributed by atoms with Crippen molar-refractivity contribution in [1.82, 2.24) is 5.32 Å². The molecule has 3 aromatic carbocycles. The van der Waals surface area contributed by atoms with Crippen molar-refractivity contribution in [2.45, 2.75) is 13.5 Å². The molecule has 5 nitrogen and oxygen atoms in total. The van der Waals surface area contributed by atoms with Gasteiger partial charge in [0, 0.05) is 5.56 Å². The third-order valence-corrected chi connectivity index (χ3v) is 4.47. The number of halogens is 1. The molecule has 0 aliphatic rings. The second kappa shape index (κ2) is 9.75. The summed E-state index contributed by atoms with van der Waals surface area (Å²) < 4.78 is 5.74. The predicted molar refractivity (Wildman–Crippen MR) is 114 cm³/mol. The molecule has 0 radical (unpaired) electrons. The molecule has 0 aromatic heterocycles. The summed E-state index contributed by atoms with van der Waals surface area (Å²) in [7, 11) is 0. The van der Waals surface area contributed by atoms with Crippen LogP contribution < -0.4 is 15.4 Å². The lowest BCUT2D eigenvalue weighted by molar-refractivity contribution is -0.115. The number of aryl methyl sites for hydroxylation is 1. The Morgan fingerprint density at radius 3 is 2.52 bits per heavy atom. The van der Waals surface area contributed by atoms with Gasteiger partial charge in [-0.3, -0.25) is 9.59 Å². The first-order valence-electron chi connectivity index (χ1n) is 9.12. The molecule has 0 heterocycles. The Morgan fingerprint density at radius 2 is 1.76 bits per heavy atom. The van der Waals surface area contributed by atoms with Gasteiger partial charge in [0.05, 0.1) is 17.3 Å². The summed E-state index contributed by atoms with van der Waals surface area (Å²) in [4.78, 5) is 24.5. The first-order chi connectivity index (χ1) is 14.0. The summed E-state index contributed by atoms with van der Waals surface area (Å²) in [6.07, 6.45) is 0. The van der Waals surface area contributed by atoms with E-state index in [0.29, 0.717) is 28.6 Å². The van der Waals surface area contributed by atoms with Crippen LogP contribution >= 0.6 is 11.6 Å². The van der Waals surface area contributed by atoms with Gasteiger partial charge in [-0.25, -0.2) is 0 Å². The standard InChI is InChI=1S/C23H21ClN2O3/c1-16-10-11-21(20(24)12-16)26-22(27)14-25-23(28)18-8-5-9-19(13-18)29-15-17-6-3-2-4-7-17/h2-13H,14-15H2,1H3,(H,25,28)(H,26,27). The third-order valence-electron chi connectivity index (χ3n) is 4.15. The van der Waals surface area contributed by atoms with Gasteiger partial charge in [0.25, 0.3) is 5.91 Å². The van der Waals surface area contributed by atoms with Gasteiger partial charge in [-0.15, -0.1) is 0 Å². The molecule has 3 rings (SSSR count). The number of benzene rings is 3. The van der Waals surface area contributed by atoms with Crippen LogP contribution in [0.15, 0.2) is 72.8 Å². The summed E-state index contributed by atoms with van der Waals surface area (Å²) in [6, 6.07) is 21.9. The van der Waals surface area contributed by atoms with E-state index in [-0.39, 0.29) is 18.4 Å². The van der Waals surface area contributed by atoms with Crippen molar-refractivity contribution < 1.29 is 14.3 Å². The van der Waals surface area contributed by atoms with Crippen LogP contribution in [-0.2, 0) is 11.4 Å². The number of hydrogen-bond acceptors (Lipinski definition) is 3. The Kier molecular flexibility index (Phi) is 6.87. The van der Waals surface area contributed by atoms with Crippen LogP contribution in [0.25, 0.3) is 0 Å². The lowest BCUT2D eigenvalue weighted by atomic mass is 10.2. The van der Waals surface area contributed by atoms with Crippen molar-refractivity contribution in [2.24, 2.45) is 0 Å². The van der Waals surface area contributed by atoms with E-state index in [4.69, 9.17) is 16.3 Å². The molecule has 0 spiro atoms. The smallest absolute Gasteiger partial charge is 0.251 e. The average molecular weight is 409 g/mol. The fourth-order valence-electron chi connectivity index (χ4n) is 2.65. The van der Waals surface area contributed by atoms with Crippen molar-refractivity contribution in [3.8, 4) is 5.75 Å². The monoisotopic (exact) mass is 408 g/mol. The number of carbonyl (C=O) groups is 2. The van der Waals surface area contributed by atoms with Crippen molar-refractivity contribution in [3.63, 3.8) is 0 Å². The molecule has 3 aromatic rings. The summed E-state index contributed by atoms with van der Waals surface area (Å²) in [5, 5.41) is 5.74. The highest BCUT2D eigenvalue weighted by molar-refractivity contribution is 6.33. The highest BCUT2D eigenvalue weighted by Gasteiger charge is 2.11. The van der Waals surface area contributed by atoms with E-state index < -0.39 is 0 Å². The quantitative estimate of drug-likeness (QED) is 0.600. The van der Waals surface area contributed by atoms with Gasteiger partial charge >= 0.3 is 0 Å². The highest BCUT2D eigenvalue weighted by Crippen LogP contribution is 2.22. The molecule has 0 saturated heterocycles. The first kappa shape index (κ1) is 20.4. The van der Waals surface area contributed by atoms with Crippen LogP contribution in [0.4, 0.5) is 5.69 Å². The zero-order chi connectivity index (χ0) is 20.6. The molecule has 2 amide bonds. The van der Waals surface area contributed by atoms with Gasteiger partial charge in [-0.05, 0) is 48.4 Å². The predicted octanol–water partition coefficient (Wildman–Crippen LogP) is 4.60. The minimum absolute atomic E-state index is 0.169. The van der Waals surface area contributed by atoms with E-state index >= 15 is 0 Å². The molecule has 0 aliphatic carbocycles. The molecule has 29 heavy (non-hydrogen) atoms. The Hall–Kier alpha value is -3.31. The van der Waals surface area contributed by atoms with E-state index in [1.807, 2.05) is 43.3 Å². The number of carbonyl (C=O) groups excluding carboxylic acids is 2. The summed E-state index contributed by atoms with van der Waals surface area (Å²) in [6.45, 7) is 2.15. The Morgan fingerprint density at radius 1 is 0.966 bits per heavy atom. The molecule has 0 aliphatic heterocycles. The number of anilines is 1. The second-order valence-corrected chi connectivity index (χ2v) is 6.92. The maximum absolute atomic E-state index is 12.4. The Labute approximate surface area is 174 Å². The van der Waals surface area contributed by atoms with Gasteiger partial charge in [-0.1, -0.05) is 54.1 Å². The minimum atomic E-state index is -0.361. The minimum Gasteiger partial charge on any atom is -0.489 e. The van der Waals surface area contributed by atoms with Gasteiger partial charge in [-0.2, -0.15) is 0 Å². The molecule has 0 fully saturated rings. The van der Waals surface area contributed by atoms with Crippen molar-refractivity contribution in [1.29, 1.82) is 0 Å². The highest BCUT2D eigenvalue weighted by atomic mass is 35.5. The van der Waals surface area contributed by atoms with Gasteiger partial charge in [0.15, 0.2) is 0 Å². The van der Waals surface area contributed by atoms with E-state index in [2.05, 4.69) is 10.6 Å². The number of rotatable bonds is 7. The van der Waals surface area contributed by atoms with Crippen LogP contribution in [0, 0.1) is 6.92 Å². The average Bonchev–Trinajstić information content (AvgIpc) is 2.73. The molecule has 0 saturated carbocycles. The zero-order valence-electron chi connectivity index (χ0n) is 15.9. The number of amides is 2. The third kappa shape index (κ3) is 6.09. The van der Waals surface area contributed by atoms with Crippen LogP contribution in [0.2, 0.25) is 5.02 Å². The number of nitrogens with one attached hydrogen (secondary N) is 2. The van der Waals surface area contributed by atoms with Gasteiger partial charge in [0.2, 0.25) is 5.91 Å². The van der Waals surface area contributed by atoms with Crippen LogP contribution in [0.1, 0.15) is 21.5 Å².